The third-order valence-electron chi connectivity index (χ3n) is 5.85. The molecule has 4 N–H and O–H groups in total. The molecule has 1 fully saturated rings. The zero-order valence-corrected chi connectivity index (χ0v) is 20.1. The molecule has 1 saturated heterocycles. The van der Waals surface area contributed by atoms with Gasteiger partial charge in [0.05, 0.1) is 6.04 Å². The summed E-state index contributed by atoms with van der Waals surface area (Å²) in [6, 6.07) is 4.19. The van der Waals surface area contributed by atoms with Gasteiger partial charge in [-0.05, 0) is 43.0 Å². The first-order valence-electron chi connectivity index (χ1n) is 10.8. The van der Waals surface area contributed by atoms with E-state index in [4.69, 9.17) is 5.73 Å². The molecule has 0 saturated carbocycles. The predicted octanol–water partition coefficient (Wildman–Crippen LogP) is 2.83. The minimum atomic E-state index is -0.365. The first-order valence-corrected chi connectivity index (χ1v) is 12.3. The molecule has 1 aromatic rings. The summed E-state index contributed by atoms with van der Waals surface area (Å²) in [5.74, 6) is -0.0902. The SMILES string of the molecule is CCC(CC)CN1CC[C@@H](CNC(=O)c2ccc(CI)c(F)c2)N[C@@H](CCN)C1=O. The number of alkyl halides is 1. The van der Waals surface area contributed by atoms with E-state index in [-0.39, 0.29) is 29.7 Å². The fourth-order valence-electron chi connectivity index (χ4n) is 3.77. The number of benzene rings is 1. The van der Waals surface area contributed by atoms with Crippen LogP contribution in [0.3, 0.4) is 0 Å². The molecule has 1 heterocycles. The van der Waals surface area contributed by atoms with E-state index in [0.717, 1.165) is 25.8 Å². The van der Waals surface area contributed by atoms with Crippen LogP contribution < -0.4 is 16.4 Å². The van der Waals surface area contributed by atoms with E-state index in [9.17, 15) is 14.0 Å². The molecule has 0 bridgehead atoms. The summed E-state index contributed by atoms with van der Waals surface area (Å²) in [6.45, 7) is 6.52. The molecule has 0 radical (unpaired) electrons. The highest BCUT2D eigenvalue weighted by Crippen LogP contribution is 2.16. The highest BCUT2D eigenvalue weighted by Gasteiger charge is 2.31. The van der Waals surface area contributed by atoms with Crippen LogP contribution in [-0.2, 0) is 9.22 Å². The van der Waals surface area contributed by atoms with Gasteiger partial charge < -0.3 is 21.3 Å². The van der Waals surface area contributed by atoms with Gasteiger partial charge in [0.2, 0.25) is 5.91 Å². The quantitative estimate of drug-likeness (QED) is 0.320. The average molecular weight is 532 g/mol. The maximum atomic E-state index is 14.0. The smallest absolute Gasteiger partial charge is 0.251 e. The summed E-state index contributed by atoms with van der Waals surface area (Å²) < 4.78 is 14.5. The number of nitrogens with two attached hydrogens (primary N) is 1. The Balaban J connectivity index is 2.00. The van der Waals surface area contributed by atoms with Gasteiger partial charge in [-0.15, -0.1) is 0 Å². The van der Waals surface area contributed by atoms with Crippen molar-refractivity contribution in [2.75, 3.05) is 26.2 Å². The van der Waals surface area contributed by atoms with Crippen LogP contribution in [0.2, 0.25) is 0 Å². The van der Waals surface area contributed by atoms with Crippen LogP contribution in [0.25, 0.3) is 0 Å². The van der Waals surface area contributed by atoms with Gasteiger partial charge in [-0.2, -0.15) is 0 Å². The van der Waals surface area contributed by atoms with Gasteiger partial charge >= 0.3 is 0 Å². The maximum Gasteiger partial charge on any atom is 0.251 e. The van der Waals surface area contributed by atoms with Crippen LogP contribution in [-0.4, -0.2) is 55.0 Å². The predicted molar refractivity (Wildman–Crippen MR) is 126 cm³/mol. The second-order valence-electron chi connectivity index (χ2n) is 7.90. The Morgan fingerprint density at radius 1 is 1.40 bits per heavy atom. The van der Waals surface area contributed by atoms with Crippen LogP contribution >= 0.6 is 22.6 Å². The van der Waals surface area contributed by atoms with Crippen LogP contribution in [0.15, 0.2) is 18.2 Å². The Kier molecular flexibility index (Phi) is 10.5. The van der Waals surface area contributed by atoms with Gasteiger partial charge in [0.1, 0.15) is 5.82 Å². The Bertz CT molecular complexity index is 714. The van der Waals surface area contributed by atoms with Gasteiger partial charge in [0.15, 0.2) is 0 Å². The van der Waals surface area contributed by atoms with Crippen molar-refractivity contribution < 1.29 is 14.0 Å². The fourth-order valence-corrected chi connectivity index (χ4v) is 4.39. The molecule has 1 aliphatic rings. The number of hydrogen-bond acceptors (Lipinski definition) is 4. The number of nitrogens with zero attached hydrogens (tertiary/aromatic N) is 1. The van der Waals surface area contributed by atoms with E-state index in [1.807, 2.05) is 4.90 Å². The third kappa shape index (κ3) is 6.88. The van der Waals surface area contributed by atoms with Crippen molar-refractivity contribution in [1.82, 2.24) is 15.5 Å². The molecule has 0 aromatic heterocycles. The van der Waals surface area contributed by atoms with Crippen molar-refractivity contribution in [3.63, 3.8) is 0 Å². The van der Waals surface area contributed by atoms with Crippen LogP contribution in [0.4, 0.5) is 4.39 Å². The minimum Gasteiger partial charge on any atom is -0.350 e. The molecule has 6 nitrogen and oxygen atoms in total. The maximum absolute atomic E-state index is 14.0. The molecule has 2 atom stereocenters. The molecule has 0 spiro atoms. The van der Waals surface area contributed by atoms with E-state index in [2.05, 4.69) is 47.1 Å². The number of hydrogen-bond donors (Lipinski definition) is 3. The van der Waals surface area contributed by atoms with E-state index in [1.54, 1.807) is 12.1 Å². The molecule has 2 amide bonds. The van der Waals surface area contributed by atoms with Gasteiger partial charge in [0, 0.05) is 35.7 Å². The molecule has 0 unspecified atom stereocenters. The van der Waals surface area contributed by atoms with Crippen molar-refractivity contribution in [1.29, 1.82) is 0 Å². The number of amides is 2. The zero-order valence-electron chi connectivity index (χ0n) is 17.9. The van der Waals surface area contributed by atoms with E-state index in [1.165, 1.54) is 6.07 Å². The molecular formula is C22H34FIN4O2. The summed E-state index contributed by atoms with van der Waals surface area (Å²) in [7, 11) is 0. The van der Waals surface area contributed by atoms with Crippen LogP contribution in [0.5, 0.6) is 0 Å². The van der Waals surface area contributed by atoms with Crippen molar-refractivity contribution in [3.8, 4) is 0 Å². The summed E-state index contributed by atoms with van der Waals surface area (Å²) in [5, 5.41) is 6.27. The molecule has 0 aliphatic carbocycles. The molecule has 1 aliphatic heterocycles. The highest BCUT2D eigenvalue weighted by atomic mass is 127. The Labute approximate surface area is 192 Å². The molecule has 1 aromatic carbocycles. The summed E-state index contributed by atoms with van der Waals surface area (Å²) in [5.41, 5.74) is 6.62. The second-order valence-corrected chi connectivity index (χ2v) is 8.66. The van der Waals surface area contributed by atoms with Crippen molar-refractivity contribution >= 4 is 34.4 Å². The Hall–Kier alpha value is -1.26. The Morgan fingerprint density at radius 2 is 2.13 bits per heavy atom. The van der Waals surface area contributed by atoms with E-state index < -0.39 is 0 Å². The standard InChI is InChI=1S/C22H34FIN4O2/c1-3-15(4-2)14-28-10-8-18(27-20(7-9-25)22(28)30)13-26-21(29)16-5-6-17(12-24)19(23)11-16/h5-6,11,15,18,20,27H,3-4,7-10,12-14,25H2,1-2H3,(H,26,29)/t18-,20-/m0/s1. The average Bonchev–Trinajstić information content (AvgIpc) is 2.89. The van der Waals surface area contributed by atoms with Gasteiger partial charge in [-0.25, -0.2) is 4.39 Å². The van der Waals surface area contributed by atoms with Crippen molar-refractivity contribution in [3.05, 3.63) is 35.1 Å². The normalized spacial score (nSPS) is 19.8. The zero-order chi connectivity index (χ0) is 22.1. The first kappa shape index (κ1) is 25.0. The van der Waals surface area contributed by atoms with E-state index >= 15 is 0 Å². The molecular weight excluding hydrogens is 498 g/mol. The van der Waals surface area contributed by atoms with Gasteiger partial charge in [-0.1, -0.05) is 55.3 Å². The lowest BCUT2D eigenvalue weighted by Gasteiger charge is -2.27. The fraction of sp³-hybridized carbons (Fsp3) is 0.636. The largest absolute Gasteiger partial charge is 0.350 e. The second kappa shape index (κ2) is 12.6. The Morgan fingerprint density at radius 3 is 2.73 bits per heavy atom. The topological polar surface area (TPSA) is 87.5 Å². The number of halogens is 2. The van der Waals surface area contributed by atoms with Crippen LogP contribution in [0, 0.1) is 11.7 Å². The summed E-state index contributed by atoms with van der Waals surface area (Å²) in [6.07, 6.45) is 3.39. The highest BCUT2D eigenvalue weighted by molar-refractivity contribution is 14.1. The summed E-state index contributed by atoms with van der Waals surface area (Å²) >= 11 is 2.09. The van der Waals surface area contributed by atoms with Crippen molar-refractivity contribution in [2.24, 2.45) is 11.7 Å². The first-order chi connectivity index (χ1) is 14.4. The lowest BCUT2D eigenvalue weighted by atomic mass is 10.0. The van der Waals surface area contributed by atoms with Crippen LogP contribution in [0.1, 0.15) is 55.5 Å². The molecule has 30 heavy (non-hydrogen) atoms. The molecule has 8 heteroatoms. The van der Waals surface area contributed by atoms with Gasteiger partial charge in [-0.3, -0.25) is 9.59 Å². The lowest BCUT2D eigenvalue weighted by molar-refractivity contribution is -0.133. The number of carbonyl (C=O) groups is 2. The minimum absolute atomic E-state index is 0.0420. The molecule has 2 rings (SSSR count). The summed E-state index contributed by atoms with van der Waals surface area (Å²) in [4.78, 5) is 27.4. The van der Waals surface area contributed by atoms with Crippen molar-refractivity contribution in [2.45, 2.75) is 56.0 Å². The van der Waals surface area contributed by atoms with Gasteiger partial charge in [0.25, 0.3) is 5.91 Å². The number of carbonyl (C=O) groups excluding carboxylic acids is 2. The molecule has 168 valence electrons. The monoisotopic (exact) mass is 532 g/mol. The number of rotatable bonds is 10. The van der Waals surface area contributed by atoms with E-state index in [0.29, 0.717) is 47.5 Å². The lowest BCUT2D eigenvalue weighted by Crippen LogP contribution is -2.50. The third-order valence-corrected chi connectivity index (χ3v) is 6.67. The number of nitrogens with one attached hydrogen (secondary N) is 2.